The number of hydrogen-bond acceptors (Lipinski definition) is 3. The van der Waals surface area contributed by atoms with Crippen LogP contribution >= 0.6 is 46.6 Å². The Bertz CT molecular complexity index is 1460. The van der Waals surface area contributed by atoms with Crippen molar-refractivity contribution in [2.75, 3.05) is 0 Å². The molecule has 8 heteroatoms. The molecule has 0 atom stereocenters. The fourth-order valence-corrected chi connectivity index (χ4v) is 5.10. The van der Waals surface area contributed by atoms with Gasteiger partial charge in [-0.2, -0.15) is 0 Å². The Balaban J connectivity index is 1.49. The molecular weight excluding hydrogens is 497 g/mol. The van der Waals surface area contributed by atoms with Crippen molar-refractivity contribution >= 4 is 80.3 Å². The maximum atomic E-state index is 12.6. The fraction of sp³-hybridized carbons (Fsp3) is 0.0400. The summed E-state index contributed by atoms with van der Waals surface area (Å²) in [4.78, 5) is 17.7. The molecule has 0 spiro atoms. The molecule has 1 fully saturated rings. The maximum absolute atomic E-state index is 12.6. The summed E-state index contributed by atoms with van der Waals surface area (Å²) in [5.41, 5.74) is 3.55. The van der Waals surface area contributed by atoms with E-state index in [4.69, 9.17) is 34.8 Å². The van der Waals surface area contributed by atoms with Crippen LogP contribution in [-0.2, 0) is 11.3 Å². The number of amidine groups is 1. The third kappa shape index (κ3) is 4.68. The van der Waals surface area contributed by atoms with Gasteiger partial charge in [-0.25, -0.2) is 4.99 Å². The Morgan fingerprint density at radius 3 is 2.58 bits per heavy atom. The number of aliphatic imine (C=N–C) groups is 1. The average molecular weight is 513 g/mol. The number of hydrogen-bond donors (Lipinski definition) is 1. The van der Waals surface area contributed by atoms with Crippen LogP contribution in [0.15, 0.2) is 82.8 Å². The van der Waals surface area contributed by atoms with E-state index in [9.17, 15) is 4.79 Å². The number of rotatable bonds is 4. The predicted molar refractivity (Wildman–Crippen MR) is 140 cm³/mol. The van der Waals surface area contributed by atoms with E-state index in [1.54, 1.807) is 18.2 Å². The number of para-hydroxylation sites is 2. The highest BCUT2D eigenvalue weighted by molar-refractivity contribution is 8.18. The Labute approximate surface area is 209 Å². The van der Waals surface area contributed by atoms with E-state index in [2.05, 4.69) is 14.9 Å². The van der Waals surface area contributed by atoms with Gasteiger partial charge in [0.15, 0.2) is 5.17 Å². The highest BCUT2D eigenvalue weighted by Gasteiger charge is 2.24. The quantitative estimate of drug-likeness (QED) is 0.287. The molecule has 0 aliphatic carbocycles. The van der Waals surface area contributed by atoms with E-state index in [1.807, 2.05) is 60.8 Å². The predicted octanol–water partition coefficient (Wildman–Crippen LogP) is 7.54. The summed E-state index contributed by atoms with van der Waals surface area (Å²) in [7, 11) is 0. The summed E-state index contributed by atoms with van der Waals surface area (Å²) in [6.07, 6.45) is 3.91. The number of carbonyl (C=O) groups is 1. The zero-order chi connectivity index (χ0) is 22.9. The first-order valence-electron chi connectivity index (χ1n) is 10.0. The molecule has 2 heterocycles. The lowest BCUT2D eigenvalue weighted by Gasteiger charge is -2.08. The fourth-order valence-electron chi connectivity index (χ4n) is 3.63. The van der Waals surface area contributed by atoms with Gasteiger partial charge < -0.3 is 9.88 Å². The summed E-state index contributed by atoms with van der Waals surface area (Å²) in [5, 5.41) is 6.10. The number of fused-ring (bicyclic) bond motifs is 1. The number of halogens is 3. The summed E-state index contributed by atoms with van der Waals surface area (Å²) < 4.78 is 2.12. The van der Waals surface area contributed by atoms with E-state index in [0.29, 0.717) is 37.4 Å². The Morgan fingerprint density at radius 1 is 0.970 bits per heavy atom. The third-order valence-corrected chi connectivity index (χ3v) is 7.00. The molecule has 164 valence electrons. The second-order valence-electron chi connectivity index (χ2n) is 7.40. The SMILES string of the molecule is O=C1NC(=Nc2ccccc2Cl)S/C1=C/c1cn(Cc2ccc(Cl)cc2Cl)c2ccccc12. The number of carbonyl (C=O) groups excluding carboxylic acids is 1. The van der Waals surface area contributed by atoms with Gasteiger partial charge in [0, 0.05) is 39.3 Å². The number of nitrogens with one attached hydrogen (secondary N) is 1. The molecule has 1 aromatic heterocycles. The lowest BCUT2D eigenvalue weighted by atomic mass is 10.1. The molecule has 4 nitrogen and oxygen atoms in total. The molecule has 3 aromatic carbocycles. The normalized spacial score (nSPS) is 16.2. The van der Waals surface area contributed by atoms with E-state index < -0.39 is 0 Å². The van der Waals surface area contributed by atoms with Gasteiger partial charge in [0.1, 0.15) is 0 Å². The van der Waals surface area contributed by atoms with Crippen LogP contribution in [0, 0.1) is 0 Å². The van der Waals surface area contributed by atoms with E-state index in [0.717, 1.165) is 22.0 Å². The van der Waals surface area contributed by atoms with Crippen LogP contribution in [0.25, 0.3) is 17.0 Å². The smallest absolute Gasteiger partial charge is 0.264 e. The van der Waals surface area contributed by atoms with Gasteiger partial charge in [-0.3, -0.25) is 4.79 Å². The number of benzene rings is 3. The minimum absolute atomic E-state index is 0.191. The Morgan fingerprint density at radius 2 is 1.76 bits per heavy atom. The number of nitrogens with zero attached hydrogens (tertiary/aromatic N) is 2. The van der Waals surface area contributed by atoms with Crippen molar-refractivity contribution < 1.29 is 4.79 Å². The van der Waals surface area contributed by atoms with Crippen LogP contribution in [0.3, 0.4) is 0 Å². The van der Waals surface area contributed by atoms with Crippen molar-refractivity contribution in [2.24, 2.45) is 4.99 Å². The van der Waals surface area contributed by atoms with Gasteiger partial charge in [0.05, 0.1) is 15.6 Å². The molecule has 33 heavy (non-hydrogen) atoms. The van der Waals surface area contributed by atoms with Gasteiger partial charge >= 0.3 is 0 Å². The van der Waals surface area contributed by atoms with Crippen molar-refractivity contribution in [3.63, 3.8) is 0 Å². The molecule has 5 rings (SSSR count). The summed E-state index contributed by atoms with van der Waals surface area (Å²) in [6, 6.07) is 20.8. The van der Waals surface area contributed by atoms with E-state index in [1.165, 1.54) is 11.8 Å². The van der Waals surface area contributed by atoms with Crippen LogP contribution in [0.1, 0.15) is 11.1 Å². The second-order valence-corrected chi connectivity index (χ2v) is 9.68. The maximum Gasteiger partial charge on any atom is 0.264 e. The summed E-state index contributed by atoms with van der Waals surface area (Å²) in [6.45, 7) is 0.582. The molecule has 0 radical (unpaired) electrons. The molecule has 0 unspecified atom stereocenters. The van der Waals surface area contributed by atoms with Gasteiger partial charge in [0.25, 0.3) is 5.91 Å². The summed E-state index contributed by atoms with van der Waals surface area (Å²) >= 11 is 19.9. The lowest BCUT2D eigenvalue weighted by Crippen LogP contribution is -2.19. The van der Waals surface area contributed by atoms with Crippen molar-refractivity contribution in [3.05, 3.63) is 104 Å². The minimum atomic E-state index is -0.191. The lowest BCUT2D eigenvalue weighted by molar-refractivity contribution is -0.115. The molecule has 1 aliphatic heterocycles. The number of thioether (sulfide) groups is 1. The van der Waals surface area contributed by atoms with Crippen LogP contribution in [0.5, 0.6) is 0 Å². The monoisotopic (exact) mass is 511 g/mol. The second kappa shape index (κ2) is 9.27. The molecule has 1 amide bonds. The van der Waals surface area contributed by atoms with Gasteiger partial charge in [-0.1, -0.05) is 71.2 Å². The van der Waals surface area contributed by atoms with Crippen molar-refractivity contribution in [1.29, 1.82) is 0 Å². The van der Waals surface area contributed by atoms with Gasteiger partial charge in [0.2, 0.25) is 0 Å². The highest BCUT2D eigenvalue weighted by Crippen LogP contribution is 2.33. The standard InChI is InChI=1S/C25H16Cl3N3OS/c26-17-10-9-15(20(28)12-17)13-31-14-16(18-5-1-4-8-22(18)31)11-23-24(32)30-25(33-23)29-21-7-3-2-6-19(21)27/h1-12,14H,13H2,(H,29,30,32)/b23-11+. The Kier molecular flexibility index (Phi) is 6.21. The molecule has 1 N–H and O–H groups in total. The molecular formula is C25H16Cl3N3OS. The van der Waals surface area contributed by atoms with Crippen molar-refractivity contribution in [1.82, 2.24) is 9.88 Å². The van der Waals surface area contributed by atoms with Crippen LogP contribution in [0.2, 0.25) is 15.1 Å². The third-order valence-electron chi connectivity index (χ3n) is 5.19. The molecule has 1 aliphatic rings. The first-order chi connectivity index (χ1) is 16.0. The van der Waals surface area contributed by atoms with Crippen LogP contribution in [-0.4, -0.2) is 15.6 Å². The van der Waals surface area contributed by atoms with E-state index in [-0.39, 0.29) is 5.91 Å². The first-order valence-corrected chi connectivity index (χ1v) is 12.0. The van der Waals surface area contributed by atoms with Gasteiger partial charge in [-0.05, 0) is 53.7 Å². The van der Waals surface area contributed by atoms with Crippen LogP contribution in [0.4, 0.5) is 5.69 Å². The minimum Gasteiger partial charge on any atom is -0.342 e. The van der Waals surface area contributed by atoms with E-state index >= 15 is 0 Å². The first kappa shape index (κ1) is 22.1. The largest absolute Gasteiger partial charge is 0.342 e. The average Bonchev–Trinajstić information content (AvgIpc) is 3.32. The van der Waals surface area contributed by atoms with Crippen LogP contribution < -0.4 is 5.32 Å². The molecule has 0 bridgehead atoms. The molecule has 0 saturated carbocycles. The zero-order valence-corrected chi connectivity index (χ0v) is 20.1. The topological polar surface area (TPSA) is 46.4 Å². The molecule has 1 saturated heterocycles. The number of aromatic nitrogens is 1. The van der Waals surface area contributed by atoms with Crippen molar-refractivity contribution in [2.45, 2.75) is 6.54 Å². The van der Waals surface area contributed by atoms with Crippen molar-refractivity contribution in [3.8, 4) is 0 Å². The highest BCUT2D eigenvalue weighted by atomic mass is 35.5. The number of amides is 1. The summed E-state index contributed by atoms with van der Waals surface area (Å²) in [5.74, 6) is -0.191. The Hall–Kier alpha value is -2.70. The molecule has 4 aromatic rings. The van der Waals surface area contributed by atoms with Gasteiger partial charge in [-0.15, -0.1) is 0 Å². The zero-order valence-electron chi connectivity index (χ0n) is 17.1.